The molecule has 0 bridgehead atoms. The van der Waals surface area contributed by atoms with Crippen molar-refractivity contribution in [1.82, 2.24) is 0 Å². The van der Waals surface area contributed by atoms with Crippen LogP contribution in [0, 0.1) is 11.8 Å². The van der Waals surface area contributed by atoms with Crippen LogP contribution in [-0.2, 0) is 0 Å². The third-order valence-corrected chi connectivity index (χ3v) is 8.32. The Bertz CT molecular complexity index is 846. The van der Waals surface area contributed by atoms with Gasteiger partial charge in [-0.15, -0.1) is 0 Å². The number of hydrogen-bond donors (Lipinski definition) is 0. The molecule has 2 aliphatic rings. The fourth-order valence-corrected chi connectivity index (χ4v) is 5.95. The van der Waals surface area contributed by atoms with E-state index in [1.54, 1.807) is 11.1 Å². The molecule has 0 spiro atoms. The largest absolute Gasteiger partial charge is 0.0804 e. The van der Waals surface area contributed by atoms with Crippen LogP contribution in [0.1, 0.15) is 115 Å². The molecule has 2 atom stereocenters. The molecule has 0 fully saturated rings. The number of unbranched alkanes of at least 4 members (excludes halogenated alkanes) is 4. The maximum atomic E-state index is 2.52. The van der Waals surface area contributed by atoms with Gasteiger partial charge in [0.25, 0.3) is 0 Å². The molecular weight excluding hydrogens is 408 g/mol. The van der Waals surface area contributed by atoms with Crippen LogP contribution in [0.15, 0.2) is 60.7 Å². The Hall–Kier alpha value is -2.08. The maximum absolute atomic E-state index is 2.52. The van der Waals surface area contributed by atoms with E-state index in [-0.39, 0.29) is 0 Å². The molecule has 0 saturated carbocycles. The number of hydrogen-bond acceptors (Lipinski definition) is 0. The van der Waals surface area contributed by atoms with Crippen LogP contribution >= 0.6 is 0 Å². The Kier molecular flexibility index (Phi) is 9.66. The molecule has 0 heterocycles. The summed E-state index contributed by atoms with van der Waals surface area (Å²) in [5.74, 6) is 1.83. The molecule has 2 aliphatic carbocycles. The van der Waals surface area contributed by atoms with Crippen LogP contribution in [-0.4, -0.2) is 0 Å². The van der Waals surface area contributed by atoms with Gasteiger partial charge in [0.15, 0.2) is 0 Å². The molecular formula is C34H46. The number of benzene rings is 2. The van der Waals surface area contributed by atoms with Gasteiger partial charge in [-0.1, -0.05) is 126 Å². The fourth-order valence-electron chi connectivity index (χ4n) is 5.95. The van der Waals surface area contributed by atoms with Crippen LogP contribution in [0.25, 0.3) is 22.3 Å². The SMILES string of the molecule is CCCCC[C@H]1CC=C(c2ccc(-c3ccc(C4=CC[C@H](CCCCC)CC4)cc3)cc2)CC1. The second-order valence-electron chi connectivity index (χ2n) is 10.9. The average molecular weight is 455 g/mol. The van der Waals surface area contributed by atoms with E-state index in [2.05, 4.69) is 74.5 Å². The summed E-state index contributed by atoms with van der Waals surface area (Å²) in [6.45, 7) is 4.60. The Morgan fingerprint density at radius 1 is 0.529 bits per heavy atom. The highest BCUT2D eigenvalue weighted by Gasteiger charge is 2.16. The Labute approximate surface area is 209 Å². The van der Waals surface area contributed by atoms with Gasteiger partial charge in [-0.05, 0) is 83.8 Å². The summed E-state index contributed by atoms with van der Waals surface area (Å²) in [7, 11) is 0. The molecule has 4 rings (SSSR count). The molecule has 2 aromatic rings. The van der Waals surface area contributed by atoms with Gasteiger partial charge in [0, 0.05) is 0 Å². The normalized spacial score (nSPS) is 20.6. The smallest absolute Gasteiger partial charge is 0.0184 e. The van der Waals surface area contributed by atoms with E-state index in [4.69, 9.17) is 0 Å². The molecule has 182 valence electrons. The topological polar surface area (TPSA) is 0 Å². The van der Waals surface area contributed by atoms with Crippen molar-refractivity contribution in [3.05, 3.63) is 71.8 Å². The first-order chi connectivity index (χ1) is 16.8. The Balaban J connectivity index is 1.32. The molecule has 0 aromatic heterocycles. The molecule has 0 heteroatoms. The van der Waals surface area contributed by atoms with Gasteiger partial charge in [0.05, 0.1) is 0 Å². The molecule has 0 aliphatic heterocycles. The number of allylic oxidation sites excluding steroid dienone is 4. The first kappa shape index (κ1) is 25.0. The van der Waals surface area contributed by atoms with Gasteiger partial charge in [-0.2, -0.15) is 0 Å². The van der Waals surface area contributed by atoms with Gasteiger partial charge in [-0.25, -0.2) is 0 Å². The molecule has 2 aromatic carbocycles. The summed E-state index contributed by atoms with van der Waals surface area (Å²) in [6.07, 6.45) is 24.0. The second kappa shape index (κ2) is 13.1. The van der Waals surface area contributed by atoms with E-state index in [1.165, 1.54) is 112 Å². The summed E-state index contributed by atoms with van der Waals surface area (Å²) in [4.78, 5) is 0. The Morgan fingerprint density at radius 3 is 1.24 bits per heavy atom. The highest BCUT2D eigenvalue weighted by Crippen LogP contribution is 2.35. The van der Waals surface area contributed by atoms with Crippen LogP contribution in [0.5, 0.6) is 0 Å². The number of rotatable bonds is 11. The van der Waals surface area contributed by atoms with Gasteiger partial charge < -0.3 is 0 Å². The van der Waals surface area contributed by atoms with Crippen molar-refractivity contribution in [2.45, 2.75) is 104 Å². The lowest BCUT2D eigenvalue weighted by atomic mass is 9.83. The summed E-state index contributed by atoms with van der Waals surface area (Å²) < 4.78 is 0. The lowest BCUT2D eigenvalue weighted by molar-refractivity contribution is 0.428. The van der Waals surface area contributed by atoms with E-state index < -0.39 is 0 Å². The molecule has 0 saturated heterocycles. The molecule has 0 N–H and O–H groups in total. The van der Waals surface area contributed by atoms with Crippen molar-refractivity contribution in [2.24, 2.45) is 11.8 Å². The zero-order valence-corrected chi connectivity index (χ0v) is 21.8. The molecule has 0 radical (unpaired) electrons. The van der Waals surface area contributed by atoms with Gasteiger partial charge in [-0.3, -0.25) is 0 Å². The predicted octanol–water partition coefficient (Wildman–Crippen LogP) is 10.9. The van der Waals surface area contributed by atoms with Crippen LogP contribution < -0.4 is 0 Å². The lowest BCUT2D eigenvalue weighted by Crippen LogP contribution is -2.05. The fraction of sp³-hybridized carbons (Fsp3) is 0.529. The van der Waals surface area contributed by atoms with Crippen molar-refractivity contribution >= 4 is 11.1 Å². The van der Waals surface area contributed by atoms with Gasteiger partial charge >= 0.3 is 0 Å². The minimum atomic E-state index is 0.916. The van der Waals surface area contributed by atoms with Crippen molar-refractivity contribution < 1.29 is 0 Å². The average Bonchev–Trinajstić information content (AvgIpc) is 2.90. The quantitative estimate of drug-likeness (QED) is 0.296. The van der Waals surface area contributed by atoms with Gasteiger partial charge in [0.1, 0.15) is 0 Å². The standard InChI is InChI=1S/C34H46/c1-3-5-7-9-27-11-15-29(16-12-27)31-19-23-33(24-20-31)34-25-21-32(22-26-34)30-17-13-28(14-18-30)10-8-6-4-2/h15,17,19-28H,3-14,16,18H2,1-2H3/t27-,28-/m0/s1. The van der Waals surface area contributed by atoms with Crippen molar-refractivity contribution in [1.29, 1.82) is 0 Å². The highest BCUT2D eigenvalue weighted by molar-refractivity contribution is 5.73. The minimum absolute atomic E-state index is 0.916. The summed E-state index contributed by atoms with van der Waals surface area (Å²) in [5.41, 5.74) is 8.63. The van der Waals surface area contributed by atoms with Crippen molar-refractivity contribution in [2.75, 3.05) is 0 Å². The Morgan fingerprint density at radius 2 is 0.912 bits per heavy atom. The van der Waals surface area contributed by atoms with Gasteiger partial charge in [0.2, 0.25) is 0 Å². The van der Waals surface area contributed by atoms with Crippen LogP contribution in [0.4, 0.5) is 0 Å². The monoisotopic (exact) mass is 454 g/mol. The summed E-state index contributed by atoms with van der Waals surface area (Å²) >= 11 is 0. The summed E-state index contributed by atoms with van der Waals surface area (Å²) in [6, 6.07) is 18.6. The van der Waals surface area contributed by atoms with E-state index in [9.17, 15) is 0 Å². The van der Waals surface area contributed by atoms with Crippen LogP contribution in [0.2, 0.25) is 0 Å². The van der Waals surface area contributed by atoms with Crippen molar-refractivity contribution in [3.63, 3.8) is 0 Å². The van der Waals surface area contributed by atoms with E-state index in [0.717, 1.165) is 11.8 Å². The lowest BCUT2D eigenvalue weighted by Gasteiger charge is -2.22. The third kappa shape index (κ3) is 6.97. The molecule has 34 heavy (non-hydrogen) atoms. The van der Waals surface area contributed by atoms with E-state index in [1.807, 2.05) is 0 Å². The highest BCUT2D eigenvalue weighted by atomic mass is 14.2. The second-order valence-corrected chi connectivity index (χ2v) is 10.9. The molecule has 0 amide bonds. The molecule has 0 nitrogen and oxygen atoms in total. The first-order valence-corrected chi connectivity index (χ1v) is 14.4. The minimum Gasteiger partial charge on any atom is -0.0804 e. The zero-order chi connectivity index (χ0) is 23.6. The zero-order valence-electron chi connectivity index (χ0n) is 21.8. The predicted molar refractivity (Wildman–Crippen MR) is 151 cm³/mol. The first-order valence-electron chi connectivity index (χ1n) is 14.4. The third-order valence-electron chi connectivity index (χ3n) is 8.32. The van der Waals surface area contributed by atoms with E-state index in [0.29, 0.717) is 0 Å². The summed E-state index contributed by atoms with van der Waals surface area (Å²) in [5, 5.41) is 0. The maximum Gasteiger partial charge on any atom is -0.0184 e. The molecule has 0 unspecified atom stereocenters. The van der Waals surface area contributed by atoms with Crippen LogP contribution in [0.3, 0.4) is 0 Å². The van der Waals surface area contributed by atoms with Crippen molar-refractivity contribution in [3.8, 4) is 11.1 Å². The van der Waals surface area contributed by atoms with E-state index >= 15 is 0 Å².